The van der Waals surface area contributed by atoms with Gasteiger partial charge in [-0.05, 0) is 42.0 Å². The zero-order valence-corrected chi connectivity index (χ0v) is 12.9. The fourth-order valence-electron chi connectivity index (χ4n) is 2.83. The first-order valence-corrected chi connectivity index (χ1v) is 7.72. The minimum absolute atomic E-state index is 0.341. The molecule has 1 aromatic rings. The molecular formula is C16H22N4O2. The Morgan fingerprint density at radius 3 is 2.82 bits per heavy atom. The number of nitrogens with zero attached hydrogens (tertiary/aromatic N) is 3. The van der Waals surface area contributed by atoms with Crippen LogP contribution in [0.25, 0.3) is 10.4 Å². The topological polar surface area (TPSA) is 101 Å². The summed E-state index contributed by atoms with van der Waals surface area (Å²) in [6.07, 6.45) is 6.16. The Bertz CT molecular complexity index is 576. The largest absolute Gasteiger partial charge is 0.492 e. The number of carbonyl (C=O) groups is 1. The highest BCUT2D eigenvalue weighted by molar-refractivity contribution is 5.95. The van der Waals surface area contributed by atoms with Gasteiger partial charge in [-0.3, -0.25) is 4.79 Å². The van der Waals surface area contributed by atoms with Gasteiger partial charge in [-0.2, -0.15) is 0 Å². The Labute approximate surface area is 130 Å². The van der Waals surface area contributed by atoms with E-state index in [9.17, 15) is 4.79 Å². The minimum atomic E-state index is -0.534. The molecule has 0 aromatic heterocycles. The number of benzene rings is 1. The molecule has 0 spiro atoms. The summed E-state index contributed by atoms with van der Waals surface area (Å²) >= 11 is 0. The number of hydrogen-bond donors (Lipinski definition) is 1. The van der Waals surface area contributed by atoms with Crippen molar-refractivity contribution in [2.24, 2.45) is 16.8 Å². The SMILES string of the molecule is C[C@H](N=[N+]=[N-])c1ccc(OCC2CCCCC2)c(C(N)=O)c1. The van der Waals surface area contributed by atoms with Crippen molar-refractivity contribution >= 4 is 5.91 Å². The van der Waals surface area contributed by atoms with E-state index in [0.717, 1.165) is 5.56 Å². The Morgan fingerprint density at radius 2 is 2.18 bits per heavy atom. The van der Waals surface area contributed by atoms with Gasteiger partial charge in [0.25, 0.3) is 5.91 Å². The molecule has 0 unspecified atom stereocenters. The molecule has 2 N–H and O–H groups in total. The quantitative estimate of drug-likeness (QED) is 0.485. The van der Waals surface area contributed by atoms with Crippen LogP contribution in [0.3, 0.4) is 0 Å². The third-order valence-electron chi connectivity index (χ3n) is 4.18. The molecule has 1 saturated carbocycles. The number of azide groups is 1. The van der Waals surface area contributed by atoms with E-state index >= 15 is 0 Å². The van der Waals surface area contributed by atoms with Gasteiger partial charge in [0.15, 0.2) is 0 Å². The fourth-order valence-corrected chi connectivity index (χ4v) is 2.83. The average Bonchev–Trinajstić information content (AvgIpc) is 2.54. The zero-order chi connectivity index (χ0) is 15.9. The molecule has 0 radical (unpaired) electrons. The van der Waals surface area contributed by atoms with Crippen LogP contribution < -0.4 is 10.5 Å². The Kier molecular flexibility index (Phi) is 5.67. The molecule has 6 nitrogen and oxygen atoms in total. The maximum absolute atomic E-state index is 11.6. The van der Waals surface area contributed by atoms with Gasteiger partial charge in [-0.25, -0.2) is 0 Å². The predicted octanol–water partition coefficient (Wildman–Crippen LogP) is 4.12. The molecule has 118 valence electrons. The highest BCUT2D eigenvalue weighted by atomic mass is 16.5. The third-order valence-corrected chi connectivity index (χ3v) is 4.18. The van der Waals surface area contributed by atoms with Crippen LogP contribution in [0.4, 0.5) is 0 Å². The van der Waals surface area contributed by atoms with Gasteiger partial charge in [0.1, 0.15) is 5.75 Å². The molecule has 1 atom stereocenters. The zero-order valence-electron chi connectivity index (χ0n) is 12.9. The third kappa shape index (κ3) is 4.15. The van der Waals surface area contributed by atoms with Crippen molar-refractivity contribution in [1.82, 2.24) is 0 Å². The van der Waals surface area contributed by atoms with Crippen LogP contribution in [-0.2, 0) is 0 Å². The van der Waals surface area contributed by atoms with Crippen molar-refractivity contribution in [2.45, 2.75) is 45.1 Å². The Balaban J connectivity index is 2.12. The van der Waals surface area contributed by atoms with Crippen molar-refractivity contribution < 1.29 is 9.53 Å². The van der Waals surface area contributed by atoms with Gasteiger partial charge in [-0.15, -0.1) is 0 Å². The van der Waals surface area contributed by atoms with E-state index in [4.69, 9.17) is 16.0 Å². The van der Waals surface area contributed by atoms with E-state index < -0.39 is 5.91 Å². The van der Waals surface area contributed by atoms with Crippen molar-refractivity contribution in [3.8, 4) is 5.75 Å². The van der Waals surface area contributed by atoms with Crippen molar-refractivity contribution in [2.75, 3.05) is 6.61 Å². The van der Waals surface area contributed by atoms with Crippen LogP contribution in [-0.4, -0.2) is 12.5 Å². The lowest BCUT2D eigenvalue weighted by Crippen LogP contribution is -2.18. The molecule has 6 heteroatoms. The molecule has 1 amide bonds. The van der Waals surface area contributed by atoms with Gasteiger partial charge < -0.3 is 10.5 Å². The molecule has 0 bridgehead atoms. The molecule has 1 aliphatic carbocycles. The lowest BCUT2D eigenvalue weighted by molar-refractivity contribution is 0.0994. The second-order valence-corrected chi connectivity index (χ2v) is 5.82. The van der Waals surface area contributed by atoms with Gasteiger partial charge >= 0.3 is 0 Å². The number of primary amides is 1. The number of hydrogen-bond acceptors (Lipinski definition) is 3. The summed E-state index contributed by atoms with van der Waals surface area (Å²) in [6.45, 7) is 2.38. The number of nitrogens with two attached hydrogens (primary N) is 1. The van der Waals surface area contributed by atoms with Crippen LogP contribution in [0.1, 0.15) is 61.0 Å². The number of amides is 1. The van der Waals surface area contributed by atoms with Crippen molar-refractivity contribution in [3.63, 3.8) is 0 Å². The molecule has 0 aliphatic heterocycles. The van der Waals surface area contributed by atoms with Gasteiger partial charge in [0.05, 0.1) is 18.2 Å². The molecule has 22 heavy (non-hydrogen) atoms. The molecule has 1 aliphatic rings. The summed E-state index contributed by atoms with van der Waals surface area (Å²) in [5, 5.41) is 3.63. The molecule has 0 heterocycles. The fraction of sp³-hybridized carbons (Fsp3) is 0.562. The second kappa shape index (κ2) is 7.71. The summed E-state index contributed by atoms with van der Waals surface area (Å²) in [5.74, 6) is 0.528. The molecular weight excluding hydrogens is 280 g/mol. The highest BCUT2D eigenvalue weighted by Crippen LogP contribution is 2.28. The first-order valence-electron chi connectivity index (χ1n) is 7.72. The summed E-state index contributed by atoms with van der Waals surface area (Å²) in [5.41, 5.74) is 15.0. The van der Waals surface area contributed by atoms with Gasteiger partial charge in [0.2, 0.25) is 0 Å². The Morgan fingerprint density at radius 1 is 1.45 bits per heavy atom. The van der Waals surface area contributed by atoms with E-state index in [1.807, 2.05) is 6.07 Å². The molecule has 1 fully saturated rings. The van der Waals surface area contributed by atoms with Crippen molar-refractivity contribution in [1.29, 1.82) is 0 Å². The van der Waals surface area contributed by atoms with E-state index in [2.05, 4.69) is 10.0 Å². The molecule has 2 rings (SSSR count). The number of carbonyl (C=O) groups excluding carboxylic acids is 1. The van der Waals surface area contributed by atoms with Gasteiger partial charge in [0, 0.05) is 4.91 Å². The van der Waals surface area contributed by atoms with E-state index in [0.29, 0.717) is 23.8 Å². The average molecular weight is 302 g/mol. The van der Waals surface area contributed by atoms with Crippen molar-refractivity contribution in [3.05, 3.63) is 39.8 Å². The van der Waals surface area contributed by atoms with Crippen LogP contribution in [0, 0.1) is 5.92 Å². The van der Waals surface area contributed by atoms with Crippen LogP contribution in [0.5, 0.6) is 5.75 Å². The van der Waals surface area contributed by atoms with E-state index in [-0.39, 0.29) is 6.04 Å². The predicted molar refractivity (Wildman–Crippen MR) is 84.6 cm³/mol. The first-order chi connectivity index (χ1) is 10.6. The van der Waals surface area contributed by atoms with Crippen LogP contribution in [0.2, 0.25) is 0 Å². The minimum Gasteiger partial charge on any atom is -0.492 e. The maximum atomic E-state index is 11.6. The molecule has 1 aromatic carbocycles. The smallest absolute Gasteiger partial charge is 0.252 e. The maximum Gasteiger partial charge on any atom is 0.252 e. The first kappa shape index (κ1) is 16.2. The lowest BCUT2D eigenvalue weighted by Gasteiger charge is -2.22. The monoisotopic (exact) mass is 302 g/mol. The molecule has 0 saturated heterocycles. The normalized spacial score (nSPS) is 16.6. The van der Waals surface area contributed by atoms with Gasteiger partial charge in [-0.1, -0.05) is 37.4 Å². The lowest BCUT2D eigenvalue weighted by atomic mass is 9.90. The standard InChI is InChI=1S/C16H22N4O2/c1-11(19-20-18)13-7-8-15(14(9-13)16(17)21)22-10-12-5-3-2-4-6-12/h7-9,11-12H,2-6,10H2,1H3,(H2,17,21)/t11-/m0/s1. The summed E-state index contributed by atoms with van der Waals surface area (Å²) < 4.78 is 5.83. The number of rotatable bonds is 6. The highest BCUT2D eigenvalue weighted by Gasteiger charge is 2.17. The van der Waals surface area contributed by atoms with E-state index in [1.54, 1.807) is 19.1 Å². The summed E-state index contributed by atoms with van der Waals surface area (Å²) in [7, 11) is 0. The van der Waals surface area contributed by atoms with Crippen LogP contribution >= 0.6 is 0 Å². The second-order valence-electron chi connectivity index (χ2n) is 5.82. The summed E-state index contributed by atoms with van der Waals surface area (Å²) in [4.78, 5) is 14.4. The van der Waals surface area contributed by atoms with Crippen LogP contribution in [0.15, 0.2) is 23.3 Å². The number of ether oxygens (including phenoxy) is 1. The Hall–Kier alpha value is -2.20. The summed E-state index contributed by atoms with van der Waals surface area (Å²) in [6, 6.07) is 4.84. The van der Waals surface area contributed by atoms with E-state index in [1.165, 1.54) is 32.1 Å².